The number of aryl methyl sites for hydroxylation is 1. The molecule has 1 N–H and O–H groups in total. The van der Waals surface area contributed by atoms with Crippen LogP contribution >= 0.6 is 0 Å². The average molecular weight is 232 g/mol. The second kappa shape index (κ2) is 4.02. The number of piperazine rings is 1. The second-order valence-electron chi connectivity index (χ2n) is 6.59. The number of anilines is 1. The quantitative estimate of drug-likeness (QED) is 0.801. The molecule has 0 aromatic heterocycles. The maximum absolute atomic E-state index is 3.70. The summed E-state index contributed by atoms with van der Waals surface area (Å²) in [6, 6.07) is 8.79. The van der Waals surface area contributed by atoms with Crippen molar-refractivity contribution in [2.75, 3.05) is 18.0 Å². The van der Waals surface area contributed by atoms with Crippen LogP contribution in [0.1, 0.15) is 33.3 Å². The molecule has 1 heterocycles. The van der Waals surface area contributed by atoms with Crippen molar-refractivity contribution in [1.29, 1.82) is 0 Å². The minimum atomic E-state index is 0.158. The van der Waals surface area contributed by atoms with Crippen molar-refractivity contribution in [3.05, 3.63) is 29.8 Å². The largest absolute Gasteiger partial charge is 0.368 e. The summed E-state index contributed by atoms with van der Waals surface area (Å²) in [4.78, 5) is 2.49. The van der Waals surface area contributed by atoms with Gasteiger partial charge >= 0.3 is 0 Å². The van der Waals surface area contributed by atoms with E-state index in [-0.39, 0.29) is 11.1 Å². The normalized spacial score (nSPS) is 22.5. The first-order valence-electron chi connectivity index (χ1n) is 6.38. The summed E-state index contributed by atoms with van der Waals surface area (Å²) < 4.78 is 0. The number of benzene rings is 1. The van der Waals surface area contributed by atoms with Crippen molar-refractivity contribution >= 4 is 5.69 Å². The minimum absolute atomic E-state index is 0.158. The fraction of sp³-hybridized carbons (Fsp3) is 0.600. The molecule has 0 spiro atoms. The molecule has 0 atom stereocenters. The topological polar surface area (TPSA) is 15.3 Å². The summed E-state index contributed by atoms with van der Waals surface area (Å²) >= 11 is 0. The number of rotatable bonds is 1. The smallest absolute Gasteiger partial charge is 0.0370 e. The highest BCUT2D eigenvalue weighted by molar-refractivity contribution is 5.50. The zero-order chi connectivity index (χ0) is 12.7. The standard InChI is InChI=1S/C15H24N2/c1-12-7-6-8-13(9-12)17-10-14(2,3)16-15(4,5)11-17/h6-9,16H,10-11H2,1-5H3. The molecule has 1 aliphatic heterocycles. The maximum atomic E-state index is 3.70. The van der Waals surface area contributed by atoms with Gasteiger partial charge in [-0.05, 0) is 52.3 Å². The number of nitrogens with one attached hydrogen (secondary N) is 1. The third-order valence-electron chi connectivity index (χ3n) is 3.22. The van der Waals surface area contributed by atoms with Crippen LogP contribution in [0.2, 0.25) is 0 Å². The van der Waals surface area contributed by atoms with Crippen molar-refractivity contribution in [2.24, 2.45) is 0 Å². The van der Waals surface area contributed by atoms with E-state index >= 15 is 0 Å². The molecule has 0 unspecified atom stereocenters. The van der Waals surface area contributed by atoms with E-state index in [1.165, 1.54) is 11.3 Å². The Morgan fingerprint density at radius 1 is 1.06 bits per heavy atom. The summed E-state index contributed by atoms with van der Waals surface area (Å²) in [5.74, 6) is 0. The second-order valence-corrected chi connectivity index (χ2v) is 6.59. The van der Waals surface area contributed by atoms with E-state index in [0.29, 0.717) is 0 Å². The lowest BCUT2D eigenvalue weighted by molar-refractivity contribution is 0.226. The Kier molecular flexibility index (Phi) is 2.94. The van der Waals surface area contributed by atoms with Crippen molar-refractivity contribution < 1.29 is 0 Å². The van der Waals surface area contributed by atoms with Crippen LogP contribution < -0.4 is 10.2 Å². The van der Waals surface area contributed by atoms with Gasteiger partial charge in [-0.1, -0.05) is 12.1 Å². The molecular weight excluding hydrogens is 208 g/mol. The van der Waals surface area contributed by atoms with Crippen LogP contribution in [0.15, 0.2) is 24.3 Å². The summed E-state index contributed by atoms with van der Waals surface area (Å²) in [5, 5.41) is 3.70. The molecule has 2 rings (SSSR count). The van der Waals surface area contributed by atoms with Crippen molar-refractivity contribution in [3.8, 4) is 0 Å². The highest BCUT2D eigenvalue weighted by Gasteiger charge is 2.36. The zero-order valence-electron chi connectivity index (χ0n) is 11.7. The molecule has 94 valence electrons. The Hall–Kier alpha value is -1.02. The minimum Gasteiger partial charge on any atom is -0.368 e. The molecule has 17 heavy (non-hydrogen) atoms. The Balaban J connectivity index is 2.27. The van der Waals surface area contributed by atoms with Crippen LogP contribution in [0.3, 0.4) is 0 Å². The Labute approximate surface area is 105 Å². The van der Waals surface area contributed by atoms with E-state index in [1.54, 1.807) is 0 Å². The van der Waals surface area contributed by atoms with Crippen molar-refractivity contribution in [2.45, 2.75) is 45.7 Å². The third-order valence-corrected chi connectivity index (χ3v) is 3.22. The van der Waals surface area contributed by atoms with Crippen LogP contribution in [0.25, 0.3) is 0 Å². The van der Waals surface area contributed by atoms with Gasteiger partial charge in [0.05, 0.1) is 0 Å². The molecule has 1 aliphatic rings. The van der Waals surface area contributed by atoms with Crippen molar-refractivity contribution in [3.63, 3.8) is 0 Å². The fourth-order valence-corrected chi connectivity index (χ4v) is 3.01. The first-order chi connectivity index (χ1) is 7.77. The Bertz CT molecular complexity index is 391. The molecule has 0 amide bonds. The van der Waals surface area contributed by atoms with Gasteiger partial charge in [0, 0.05) is 29.9 Å². The zero-order valence-corrected chi connectivity index (χ0v) is 11.7. The summed E-state index contributed by atoms with van der Waals surface area (Å²) in [7, 11) is 0. The lowest BCUT2D eigenvalue weighted by Gasteiger charge is -2.49. The average Bonchev–Trinajstić information content (AvgIpc) is 2.12. The van der Waals surface area contributed by atoms with Crippen molar-refractivity contribution in [1.82, 2.24) is 5.32 Å². The SMILES string of the molecule is Cc1cccc(N2CC(C)(C)NC(C)(C)C2)c1. The van der Waals surface area contributed by atoms with Gasteiger partial charge in [-0.2, -0.15) is 0 Å². The highest BCUT2D eigenvalue weighted by Crippen LogP contribution is 2.26. The number of nitrogens with zero attached hydrogens (tertiary/aromatic N) is 1. The first-order valence-corrected chi connectivity index (χ1v) is 6.38. The van der Waals surface area contributed by atoms with Crippen LogP contribution in [0.5, 0.6) is 0 Å². The van der Waals surface area contributed by atoms with Gasteiger partial charge in [-0.15, -0.1) is 0 Å². The molecule has 0 radical (unpaired) electrons. The molecule has 1 aromatic carbocycles. The lowest BCUT2D eigenvalue weighted by Crippen LogP contribution is -2.66. The highest BCUT2D eigenvalue weighted by atomic mass is 15.3. The lowest BCUT2D eigenvalue weighted by atomic mass is 9.91. The molecule has 0 saturated carbocycles. The number of hydrogen-bond donors (Lipinski definition) is 1. The molecule has 1 saturated heterocycles. The van der Waals surface area contributed by atoms with E-state index < -0.39 is 0 Å². The van der Waals surface area contributed by atoms with Crippen LogP contribution in [0, 0.1) is 6.92 Å². The molecule has 0 bridgehead atoms. The van der Waals surface area contributed by atoms with Crippen LogP contribution in [-0.4, -0.2) is 24.2 Å². The van der Waals surface area contributed by atoms with E-state index in [1.807, 2.05) is 0 Å². The van der Waals surface area contributed by atoms with Gasteiger partial charge in [0.2, 0.25) is 0 Å². The van der Waals surface area contributed by atoms with Gasteiger partial charge in [0.15, 0.2) is 0 Å². The maximum Gasteiger partial charge on any atom is 0.0370 e. The summed E-state index contributed by atoms with van der Waals surface area (Å²) in [5.41, 5.74) is 2.99. The van der Waals surface area contributed by atoms with Crippen LogP contribution in [-0.2, 0) is 0 Å². The molecule has 1 fully saturated rings. The Morgan fingerprint density at radius 3 is 2.18 bits per heavy atom. The van der Waals surface area contributed by atoms with E-state index in [4.69, 9.17) is 0 Å². The van der Waals surface area contributed by atoms with Gasteiger partial charge < -0.3 is 10.2 Å². The third kappa shape index (κ3) is 3.01. The summed E-state index contributed by atoms with van der Waals surface area (Å²) in [6.45, 7) is 13.4. The Morgan fingerprint density at radius 2 is 1.65 bits per heavy atom. The van der Waals surface area contributed by atoms with Gasteiger partial charge in [0.25, 0.3) is 0 Å². The van der Waals surface area contributed by atoms with E-state index in [9.17, 15) is 0 Å². The number of hydrogen-bond acceptors (Lipinski definition) is 2. The monoisotopic (exact) mass is 232 g/mol. The molecular formula is C15H24N2. The van der Waals surface area contributed by atoms with E-state index in [2.05, 4.69) is 69.1 Å². The molecule has 0 aliphatic carbocycles. The summed E-state index contributed by atoms with van der Waals surface area (Å²) in [6.07, 6.45) is 0. The van der Waals surface area contributed by atoms with Gasteiger partial charge in [-0.25, -0.2) is 0 Å². The van der Waals surface area contributed by atoms with E-state index in [0.717, 1.165) is 13.1 Å². The van der Waals surface area contributed by atoms with Crippen LogP contribution in [0.4, 0.5) is 5.69 Å². The first kappa shape index (κ1) is 12.4. The predicted octanol–water partition coefficient (Wildman–Crippen LogP) is 2.96. The predicted molar refractivity (Wildman–Crippen MR) is 74.7 cm³/mol. The molecule has 2 heteroatoms. The van der Waals surface area contributed by atoms with Gasteiger partial charge in [-0.3, -0.25) is 0 Å². The molecule has 2 nitrogen and oxygen atoms in total. The van der Waals surface area contributed by atoms with Gasteiger partial charge in [0.1, 0.15) is 0 Å². The molecule has 1 aromatic rings. The fourth-order valence-electron chi connectivity index (χ4n) is 3.01.